The van der Waals surface area contributed by atoms with Crippen molar-refractivity contribution in [2.75, 3.05) is 13.1 Å². The molecule has 0 radical (unpaired) electrons. The van der Waals surface area contributed by atoms with E-state index in [1.165, 1.54) is 4.31 Å². The van der Waals surface area contributed by atoms with E-state index in [0.717, 1.165) is 18.4 Å². The Morgan fingerprint density at radius 3 is 2.93 bits per heavy atom. The smallest absolute Gasteiger partial charge is 0.262 e. The van der Waals surface area contributed by atoms with Crippen molar-refractivity contribution in [3.8, 4) is 11.4 Å². The molecule has 1 aliphatic heterocycles. The lowest BCUT2D eigenvalue weighted by atomic mass is 9.96. The highest BCUT2D eigenvalue weighted by atomic mass is 32.2. The van der Waals surface area contributed by atoms with Crippen molar-refractivity contribution in [1.29, 1.82) is 0 Å². The molecule has 144 valence electrons. The van der Waals surface area contributed by atoms with E-state index in [1.807, 2.05) is 16.8 Å². The SMILES string of the molecule is Cc1nc(S(=O)(=O)N2CCCC(Cc3nc(-c4ccsc4)no3)C2)cn1C. The number of imidazole rings is 1. The minimum Gasteiger partial charge on any atom is -0.339 e. The van der Waals surface area contributed by atoms with Crippen LogP contribution >= 0.6 is 11.3 Å². The first-order valence-electron chi connectivity index (χ1n) is 8.79. The zero-order chi connectivity index (χ0) is 19.0. The monoisotopic (exact) mass is 407 g/mol. The maximum Gasteiger partial charge on any atom is 0.262 e. The Morgan fingerprint density at radius 1 is 1.37 bits per heavy atom. The molecule has 0 spiro atoms. The van der Waals surface area contributed by atoms with E-state index in [4.69, 9.17) is 4.52 Å². The van der Waals surface area contributed by atoms with Crippen LogP contribution in [0.1, 0.15) is 24.6 Å². The number of sulfonamides is 1. The predicted octanol–water partition coefficient (Wildman–Crippen LogP) is 2.48. The fraction of sp³-hybridized carbons (Fsp3) is 0.471. The minimum atomic E-state index is -3.58. The normalized spacial score (nSPS) is 18.8. The summed E-state index contributed by atoms with van der Waals surface area (Å²) < 4.78 is 34.4. The van der Waals surface area contributed by atoms with Crippen molar-refractivity contribution < 1.29 is 12.9 Å². The molecular formula is C17H21N5O3S2. The third kappa shape index (κ3) is 3.69. The van der Waals surface area contributed by atoms with Crippen molar-refractivity contribution in [3.05, 3.63) is 34.7 Å². The molecule has 3 aromatic heterocycles. The molecule has 1 fully saturated rings. The summed E-state index contributed by atoms with van der Waals surface area (Å²) in [7, 11) is -1.79. The van der Waals surface area contributed by atoms with Crippen LogP contribution in [-0.4, -0.2) is 45.5 Å². The summed E-state index contributed by atoms with van der Waals surface area (Å²) in [5, 5.41) is 8.08. The Kier molecular flexibility index (Phi) is 4.87. The van der Waals surface area contributed by atoms with Gasteiger partial charge in [-0.3, -0.25) is 0 Å². The van der Waals surface area contributed by atoms with Gasteiger partial charge in [0.25, 0.3) is 10.0 Å². The summed E-state index contributed by atoms with van der Waals surface area (Å²) in [6, 6.07) is 1.95. The summed E-state index contributed by atoms with van der Waals surface area (Å²) in [5.74, 6) is 1.95. The average molecular weight is 408 g/mol. The summed E-state index contributed by atoms with van der Waals surface area (Å²) in [4.78, 5) is 8.64. The van der Waals surface area contributed by atoms with E-state index in [1.54, 1.807) is 36.1 Å². The fourth-order valence-electron chi connectivity index (χ4n) is 3.29. The molecule has 0 N–H and O–H groups in total. The van der Waals surface area contributed by atoms with Gasteiger partial charge in [0.15, 0.2) is 5.03 Å². The summed E-state index contributed by atoms with van der Waals surface area (Å²) >= 11 is 1.58. The second kappa shape index (κ2) is 7.17. The third-order valence-corrected chi connectivity index (χ3v) is 7.30. The van der Waals surface area contributed by atoms with Crippen LogP contribution in [0.3, 0.4) is 0 Å². The van der Waals surface area contributed by atoms with Crippen LogP contribution in [0.4, 0.5) is 0 Å². The van der Waals surface area contributed by atoms with Gasteiger partial charge in [0.05, 0.1) is 0 Å². The highest BCUT2D eigenvalue weighted by Gasteiger charge is 2.32. The average Bonchev–Trinajstić information content (AvgIpc) is 3.37. The molecule has 0 aromatic carbocycles. The largest absolute Gasteiger partial charge is 0.339 e. The number of thiophene rings is 1. The van der Waals surface area contributed by atoms with Gasteiger partial charge in [-0.15, -0.1) is 0 Å². The van der Waals surface area contributed by atoms with Crippen molar-refractivity contribution in [2.24, 2.45) is 13.0 Å². The number of hydrogen-bond donors (Lipinski definition) is 0. The van der Waals surface area contributed by atoms with Crippen LogP contribution < -0.4 is 0 Å². The lowest BCUT2D eigenvalue weighted by Gasteiger charge is -2.30. The van der Waals surface area contributed by atoms with Crippen LogP contribution in [0, 0.1) is 12.8 Å². The topological polar surface area (TPSA) is 94.1 Å². The molecule has 1 unspecified atom stereocenters. The Morgan fingerprint density at radius 2 is 2.22 bits per heavy atom. The van der Waals surface area contributed by atoms with Gasteiger partial charge in [-0.25, -0.2) is 13.4 Å². The highest BCUT2D eigenvalue weighted by molar-refractivity contribution is 7.89. The number of hydrogen-bond acceptors (Lipinski definition) is 7. The summed E-state index contributed by atoms with van der Waals surface area (Å²) in [6.07, 6.45) is 3.88. The van der Waals surface area contributed by atoms with E-state index in [-0.39, 0.29) is 10.9 Å². The number of aromatic nitrogens is 4. The molecule has 0 saturated carbocycles. The van der Waals surface area contributed by atoms with Crippen molar-refractivity contribution >= 4 is 21.4 Å². The highest BCUT2D eigenvalue weighted by Crippen LogP contribution is 2.26. The van der Waals surface area contributed by atoms with Crippen LogP contribution in [0.25, 0.3) is 11.4 Å². The molecule has 1 saturated heterocycles. The Hall–Kier alpha value is -2.04. The summed E-state index contributed by atoms with van der Waals surface area (Å²) in [6.45, 7) is 2.74. The molecule has 0 bridgehead atoms. The fourth-order valence-corrected chi connectivity index (χ4v) is 5.50. The van der Waals surface area contributed by atoms with E-state index in [2.05, 4.69) is 15.1 Å². The molecule has 10 heteroatoms. The standard InChI is InChI=1S/C17H21N5O3S2/c1-12-18-16(10-21(12)2)27(23,24)22-6-3-4-13(9-22)8-15-19-17(20-25-15)14-5-7-26-11-14/h5,7,10-11,13H,3-4,6,8-9H2,1-2H3. The first kappa shape index (κ1) is 18.3. The van der Waals surface area contributed by atoms with Crippen LogP contribution in [0.2, 0.25) is 0 Å². The molecule has 27 heavy (non-hydrogen) atoms. The van der Waals surface area contributed by atoms with Crippen molar-refractivity contribution in [1.82, 2.24) is 24.0 Å². The van der Waals surface area contributed by atoms with Crippen molar-refractivity contribution in [2.45, 2.75) is 31.2 Å². The van der Waals surface area contributed by atoms with Crippen LogP contribution in [-0.2, 0) is 23.5 Å². The molecule has 0 aliphatic carbocycles. The second-order valence-electron chi connectivity index (χ2n) is 6.84. The minimum absolute atomic E-state index is 0.112. The quantitative estimate of drug-likeness (QED) is 0.645. The molecule has 0 amide bonds. The maximum atomic E-state index is 12.9. The lowest BCUT2D eigenvalue weighted by Crippen LogP contribution is -2.40. The number of nitrogens with zero attached hydrogens (tertiary/aromatic N) is 5. The number of piperidine rings is 1. The zero-order valence-corrected chi connectivity index (χ0v) is 16.8. The Bertz CT molecular complexity index is 1000. The maximum absolute atomic E-state index is 12.9. The zero-order valence-electron chi connectivity index (χ0n) is 15.2. The van der Waals surface area contributed by atoms with Crippen LogP contribution in [0.5, 0.6) is 0 Å². The second-order valence-corrected chi connectivity index (χ2v) is 9.50. The van der Waals surface area contributed by atoms with E-state index in [0.29, 0.717) is 37.0 Å². The first-order chi connectivity index (χ1) is 12.9. The molecule has 3 aromatic rings. The van der Waals surface area contributed by atoms with Crippen LogP contribution in [0.15, 0.2) is 32.6 Å². The Balaban J connectivity index is 1.47. The molecule has 8 nitrogen and oxygen atoms in total. The van der Waals surface area contributed by atoms with Gasteiger partial charge >= 0.3 is 0 Å². The number of aryl methyl sites for hydroxylation is 2. The molecule has 4 heterocycles. The van der Waals surface area contributed by atoms with Gasteiger partial charge in [0, 0.05) is 43.7 Å². The predicted molar refractivity (Wildman–Crippen MR) is 101 cm³/mol. The molecular weight excluding hydrogens is 386 g/mol. The van der Waals surface area contributed by atoms with E-state index in [9.17, 15) is 8.42 Å². The Labute approximate surface area is 161 Å². The van der Waals surface area contributed by atoms with E-state index < -0.39 is 10.0 Å². The van der Waals surface area contributed by atoms with Gasteiger partial charge in [-0.1, -0.05) is 5.16 Å². The van der Waals surface area contributed by atoms with Gasteiger partial charge in [0.2, 0.25) is 11.7 Å². The molecule has 1 aliphatic rings. The van der Waals surface area contributed by atoms with Crippen molar-refractivity contribution in [3.63, 3.8) is 0 Å². The number of rotatable bonds is 5. The summed E-state index contributed by atoms with van der Waals surface area (Å²) in [5.41, 5.74) is 0.938. The lowest BCUT2D eigenvalue weighted by molar-refractivity contribution is 0.246. The molecule has 1 atom stereocenters. The van der Waals surface area contributed by atoms with Gasteiger partial charge in [0.1, 0.15) is 5.82 Å². The van der Waals surface area contributed by atoms with Gasteiger partial charge in [-0.05, 0) is 37.1 Å². The van der Waals surface area contributed by atoms with Gasteiger partial charge in [-0.2, -0.15) is 20.6 Å². The van der Waals surface area contributed by atoms with E-state index >= 15 is 0 Å². The molecule has 4 rings (SSSR count). The third-order valence-electron chi connectivity index (χ3n) is 4.88. The first-order valence-corrected chi connectivity index (χ1v) is 11.2. The van der Waals surface area contributed by atoms with Gasteiger partial charge < -0.3 is 9.09 Å².